The number of amides is 1. The van der Waals surface area contributed by atoms with Gasteiger partial charge in [0.15, 0.2) is 5.13 Å². The highest BCUT2D eigenvalue weighted by atomic mass is 32.2. The molecule has 0 saturated carbocycles. The number of fused-ring (bicyclic) bond motifs is 1. The number of thioether (sulfide) groups is 1. The van der Waals surface area contributed by atoms with Crippen LogP contribution in [0.4, 0.5) is 9.52 Å². The van der Waals surface area contributed by atoms with E-state index < -0.39 is 0 Å². The Morgan fingerprint density at radius 3 is 2.66 bits per heavy atom. The number of anilines is 1. The van der Waals surface area contributed by atoms with Crippen LogP contribution in [0.3, 0.4) is 0 Å². The van der Waals surface area contributed by atoms with Gasteiger partial charge in [-0.2, -0.15) is 0 Å². The van der Waals surface area contributed by atoms with Crippen LogP contribution >= 0.6 is 23.1 Å². The largest absolute Gasteiger partial charge is 0.494 e. The van der Waals surface area contributed by atoms with Gasteiger partial charge in [0.05, 0.1) is 17.6 Å². The molecule has 6 nitrogen and oxygen atoms in total. The first kappa shape index (κ1) is 22.8. The standard InChI is InChI=1S/C23H27FN4O2S2/c1-16-3-8-19(30-2)21-22(16)32-23(26-21)28-13-11-27(12-14-28)10-9-25-20(29)15-31-18-6-4-17(24)5-7-18/h3-8H,9-15H2,1-2H3,(H,25,29). The van der Waals surface area contributed by atoms with Crippen molar-refractivity contribution in [3.05, 3.63) is 47.8 Å². The predicted molar refractivity (Wildman–Crippen MR) is 130 cm³/mol. The lowest BCUT2D eigenvalue weighted by Gasteiger charge is -2.34. The lowest BCUT2D eigenvalue weighted by Crippen LogP contribution is -2.48. The summed E-state index contributed by atoms with van der Waals surface area (Å²) < 4.78 is 19.6. The summed E-state index contributed by atoms with van der Waals surface area (Å²) in [5.74, 6) is 0.883. The van der Waals surface area contributed by atoms with E-state index in [0.717, 1.165) is 54.0 Å². The Hall–Kier alpha value is -2.36. The Morgan fingerprint density at radius 2 is 1.94 bits per heavy atom. The molecule has 1 amide bonds. The summed E-state index contributed by atoms with van der Waals surface area (Å²) in [4.78, 5) is 22.5. The molecular weight excluding hydrogens is 447 g/mol. The number of hydrogen-bond acceptors (Lipinski definition) is 7. The van der Waals surface area contributed by atoms with E-state index in [1.807, 2.05) is 6.07 Å². The average Bonchev–Trinajstić information content (AvgIpc) is 3.26. The summed E-state index contributed by atoms with van der Waals surface area (Å²) >= 11 is 3.14. The number of rotatable bonds is 8. The number of nitrogens with zero attached hydrogens (tertiary/aromatic N) is 3. The number of piperazine rings is 1. The number of nitrogens with one attached hydrogen (secondary N) is 1. The molecule has 1 aliphatic heterocycles. The van der Waals surface area contributed by atoms with Crippen LogP contribution in [0.2, 0.25) is 0 Å². The number of hydrogen-bond donors (Lipinski definition) is 1. The Balaban J connectivity index is 1.20. The fraction of sp³-hybridized carbons (Fsp3) is 0.391. The highest BCUT2D eigenvalue weighted by molar-refractivity contribution is 8.00. The summed E-state index contributed by atoms with van der Waals surface area (Å²) in [7, 11) is 1.68. The van der Waals surface area contributed by atoms with E-state index in [4.69, 9.17) is 9.72 Å². The second-order valence-corrected chi connectivity index (χ2v) is 9.71. The zero-order valence-electron chi connectivity index (χ0n) is 18.3. The number of ether oxygens (including phenoxy) is 1. The fourth-order valence-corrected chi connectivity index (χ4v) is 5.48. The van der Waals surface area contributed by atoms with E-state index in [9.17, 15) is 9.18 Å². The van der Waals surface area contributed by atoms with Gasteiger partial charge in [0, 0.05) is 44.2 Å². The lowest BCUT2D eigenvalue weighted by molar-refractivity contribution is -0.118. The molecule has 170 valence electrons. The van der Waals surface area contributed by atoms with Gasteiger partial charge in [-0.1, -0.05) is 17.4 Å². The van der Waals surface area contributed by atoms with E-state index in [2.05, 4.69) is 28.1 Å². The van der Waals surface area contributed by atoms with Gasteiger partial charge in [-0.3, -0.25) is 9.69 Å². The van der Waals surface area contributed by atoms with Crippen LogP contribution in [-0.2, 0) is 4.79 Å². The molecule has 32 heavy (non-hydrogen) atoms. The predicted octanol–water partition coefficient (Wildman–Crippen LogP) is 3.78. The van der Waals surface area contributed by atoms with Crippen molar-refractivity contribution in [1.29, 1.82) is 0 Å². The van der Waals surface area contributed by atoms with Crippen molar-refractivity contribution in [2.45, 2.75) is 11.8 Å². The highest BCUT2D eigenvalue weighted by Crippen LogP contribution is 2.36. The Kier molecular flexibility index (Phi) is 7.49. The Bertz CT molecular complexity index is 1070. The van der Waals surface area contributed by atoms with Gasteiger partial charge >= 0.3 is 0 Å². The van der Waals surface area contributed by atoms with Gasteiger partial charge in [-0.05, 0) is 42.8 Å². The normalized spacial score (nSPS) is 14.7. The maximum atomic E-state index is 12.9. The summed E-state index contributed by atoms with van der Waals surface area (Å²) in [6, 6.07) is 10.3. The van der Waals surface area contributed by atoms with Crippen LogP contribution in [-0.4, -0.2) is 67.9 Å². The average molecular weight is 475 g/mol. The first-order chi connectivity index (χ1) is 15.5. The van der Waals surface area contributed by atoms with Crippen LogP contribution in [0.15, 0.2) is 41.3 Å². The zero-order valence-corrected chi connectivity index (χ0v) is 19.9. The number of carbonyl (C=O) groups is 1. The Labute approximate surface area is 195 Å². The zero-order chi connectivity index (χ0) is 22.5. The van der Waals surface area contributed by atoms with Crippen molar-refractivity contribution in [3.8, 4) is 5.75 Å². The lowest BCUT2D eigenvalue weighted by atomic mass is 10.2. The van der Waals surface area contributed by atoms with Gasteiger partial charge in [0.1, 0.15) is 17.1 Å². The van der Waals surface area contributed by atoms with Gasteiger partial charge in [-0.25, -0.2) is 9.37 Å². The number of carbonyl (C=O) groups excluding carboxylic acids is 1. The van der Waals surface area contributed by atoms with Gasteiger partial charge in [-0.15, -0.1) is 11.8 Å². The van der Waals surface area contributed by atoms with E-state index in [-0.39, 0.29) is 11.7 Å². The number of aryl methyl sites for hydroxylation is 1. The number of benzene rings is 2. The third kappa shape index (κ3) is 5.51. The van der Waals surface area contributed by atoms with E-state index in [0.29, 0.717) is 12.3 Å². The molecule has 0 unspecified atom stereocenters. The number of aromatic nitrogens is 1. The van der Waals surface area contributed by atoms with Crippen LogP contribution < -0.4 is 15.0 Å². The topological polar surface area (TPSA) is 57.7 Å². The van der Waals surface area contributed by atoms with Crippen molar-refractivity contribution in [3.63, 3.8) is 0 Å². The summed E-state index contributed by atoms with van der Waals surface area (Å²) in [5, 5.41) is 4.02. The molecular formula is C23H27FN4O2S2. The van der Waals surface area contributed by atoms with Crippen LogP contribution in [0.25, 0.3) is 10.2 Å². The molecule has 0 aliphatic carbocycles. The molecule has 4 rings (SSSR count). The number of methoxy groups -OCH3 is 1. The van der Waals surface area contributed by atoms with Gasteiger partial charge in [0.25, 0.3) is 0 Å². The van der Waals surface area contributed by atoms with Crippen molar-refractivity contribution in [2.75, 3.05) is 57.0 Å². The van der Waals surface area contributed by atoms with E-state index in [1.165, 1.54) is 34.2 Å². The molecule has 3 aromatic rings. The van der Waals surface area contributed by atoms with Crippen molar-refractivity contribution in [2.24, 2.45) is 0 Å². The summed E-state index contributed by atoms with van der Waals surface area (Å²) in [6.07, 6.45) is 0. The summed E-state index contributed by atoms with van der Waals surface area (Å²) in [6.45, 7) is 7.26. The fourth-order valence-electron chi connectivity index (χ4n) is 3.65. The first-order valence-corrected chi connectivity index (χ1v) is 12.4. The number of thiazole rings is 1. The third-order valence-corrected chi connectivity index (χ3v) is 7.75. The summed E-state index contributed by atoms with van der Waals surface area (Å²) in [5.41, 5.74) is 2.16. The molecule has 1 N–H and O–H groups in total. The first-order valence-electron chi connectivity index (χ1n) is 10.6. The molecule has 1 fully saturated rings. The molecule has 0 bridgehead atoms. The molecule has 9 heteroatoms. The Morgan fingerprint density at radius 1 is 1.19 bits per heavy atom. The SMILES string of the molecule is COc1ccc(C)c2sc(N3CCN(CCNC(=O)CSc4ccc(F)cc4)CC3)nc12. The van der Waals surface area contributed by atoms with E-state index >= 15 is 0 Å². The number of halogens is 1. The minimum absolute atomic E-state index is 0.00301. The molecule has 0 spiro atoms. The molecule has 0 radical (unpaired) electrons. The van der Waals surface area contributed by atoms with Crippen molar-refractivity contribution >= 4 is 44.4 Å². The molecule has 2 heterocycles. The minimum atomic E-state index is -0.267. The van der Waals surface area contributed by atoms with Crippen LogP contribution in [0, 0.1) is 12.7 Å². The monoisotopic (exact) mass is 474 g/mol. The quantitative estimate of drug-likeness (QED) is 0.502. The molecule has 0 atom stereocenters. The minimum Gasteiger partial charge on any atom is -0.494 e. The van der Waals surface area contributed by atoms with Gasteiger partial charge < -0.3 is 15.0 Å². The van der Waals surface area contributed by atoms with Crippen molar-refractivity contribution in [1.82, 2.24) is 15.2 Å². The van der Waals surface area contributed by atoms with Crippen LogP contribution in [0.5, 0.6) is 5.75 Å². The molecule has 1 aliphatic rings. The molecule has 1 aromatic heterocycles. The van der Waals surface area contributed by atoms with E-state index in [1.54, 1.807) is 30.6 Å². The maximum Gasteiger partial charge on any atom is 0.230 e. The third-order valence-electron chi connectivity index (χ3n) is 5.49. The highest BCUT2D eigenvalue weighted by Gasteiger charge is 2.21. The second kappa shape index (κ2) is 10.5. The maximum absolute atomic E-state index is 12.9. The smallest absolute Gasteiger partial charge is 0.230 e. The molecule has 2 aromatic carbocycles. The van der Waals surface area contributed by atoms with Crippen molar-refractivity contribution < 1.29 is 13.9 Å². The van der Waals surface area contributed by atoms with Gasteiger partial charge in [0.2, 0.25) is 5.91 Å². The van der Waals surface area contributed by atoms with Crippen LogP contribution in [0.1, 0.15) is 5.56 Å². The molecule has 1 saturated heterocycles. The second-order valence-electron chi connectivity index (χ2n) is 7.68.